The number of hydrogen-bond acceptors (Lipinski definition) is 3. The quantitative estimate of drug-likeness (QED) is 0.848. The maximum atomic E-state index is 12.3. The molecule has 0 atom stereocenters. The molecular weight excluding hydrogens is 288 g/mol. The molecule has 0 spiro atoms. The molecule has 1 saturated carbocycles. The molecule has 1 aliphatic carbocycles. The van der Waals surface area contributed by atoms with Crippen molar-refractivity contribution in [2.24, 2.45) is 5.92 Å². The van der Waals surface area contributed by atoms with E-state index in [1.165, 1.54) is 12.3 Å². The van der Waals surface area contributed by atoms with Crippen molar-refractivity contribution in [1.29, 1.82) is 0 Å². The van der Waals surface area contributed by atoms with Gasteiger partial charge >= 0.3 is 0 Å². The first-order valence-electron chi connectivity index (χ1n) is 6.23. The van der Waals surface area contributed by atoms with Gasteiger partial charge in [0.25, 0.3) is 15.0 Å². The molecule has 1 heterocycles. The van der Waals surface area contributed by atoms with Crippen LogP contribution in [0.3, 0.4) is 0 Å². The van der Waals surface area contributed by atoms with Gasteiger partial charge in [-0.2, -0.15) is 0 Å². The number of carbonyl (C=O) groups is 1. The number of carbonyl (C=O) groups excluding carboxylic acids is 1. The summed E-state index contributed by atoms with van der Waals surface area (Å²) in [6.45, 7) is 4.61. The van der Waals surface area contributed by atoms with E-state index in [1.807, 2.05) is 13.8 Å². The third kappa shape index (κ3) is 3.51. The fraction of sp³-hybridized carbons (Fsp3) is 0.583. The monoisotopic (exact) mass is 304 g/mol. The van der Waals surface area contributed by atoms with E-state index in [4.69, 9.17) is 10.7 Å². The topological polar surface area (TPSA) is 70.2 Å². The standard InChI is InChI=1S/C12H17ClN2O3S/c1-8(2)15(7-9-3-4-9)12(16)11-5-10(6-14-11)19(13,17)18/h5-6,8-9,14H,3-4,7H2,1-2H3. The van der Waals surface area contributed by atoms with Crippen LogP contribution in [0.2, 0.25) is 0 Å². The summed E-state index contributed by atoms with van der Waals surface area (Å²) < 4.78 is 22.4. The third-order valence-corrected chi connectivity index (χ3v) is 4.54. The maximum absolute atomic E-state index is 12.3. The lowest BCUT2D eigenvalue weighted by Gasteiger charge is -2.26. The molecule has 1 fully saturated rings. The molecule has 1 aromatic heterocycles. The number of halogens is 1. The highest BCUT2D eigenvalue weighted by Gasteiger charge is 2.29. The van der Waals surface area contributed by atoms with Crippen molar-refractivity contribution in [1.82, 2.24) is 9.88 Å². The first kappa shape index (κ1) is 14.4. The summed E-state index contributed by atoms with van der Waals surface area (Å²) in [4.78, 5) is 16.7. The second-order valence-corrected chi connectivity index (χ2v) is 7.75. The molecule has 2 rings (SSSR count). The molecule has 1 amide bonds. The Morgan fingerprint density at radius 1 is 1.53 bits per heavy atom. The molecule has 5 nitrogen and oxygen atoms in total. The Labute approximate surface area is 117 Å². The first-order chi connectivity index (χ1) is 8.79. The normalized spacial score (nSPS) is 15.8. The fourth-order valence-corrected chi connectivity index (χ4v) is 2.63. The number of nitrogens with one attached hydrogen (secondary N) is 1. The minimum absolute atomic E-state index is 0.0763. The van der Waals surface area contributed by atoms with E-state index in [0.717, 1.165) is 19.4 Å². The minimum Gasteiger partial charge on any atom is -0.356 e. The maximum Gasteiger partial charge on any atom is 0.270 e. The van der Waals surface area contributed by atoms with E-state index in [0.29, 0.717) is 5.92 Å². The predicted octanol–water partition coefficient (Wildman–Crippen LogP) is 2.20. The van der Waals surface area contributed by atoms with Gasteiger partial charge in [-0.25, -0.2) is 8.42 Å². The predicted molar refractivity (Wildman–Crippen MR) is 72.7 cm³/mol. The zero-order valence-corrected chi connectivity index (χ0v) is 12.5. The molecule has 0 aliphatic heterocycles. The van der Waals surface area contributed by atoms with Gasteiger partial charge in [-0.05, 0) is 38.7 Å². The van der Waals surface area contributed by atoms with Crippen LogP contribution in [-0.2, 0) is 9.05 Å². The van der Waals surface area contributed by atoms with Crippen molar-refractivity contribution in [3.63, 3.8) is 0 Å². The highest BCUT2D eigenvalue weighted by Crippen LogP contribution is 2.31. The van der Waals surface area contributed by atoms with Gasteiger partial charge in [0, 0.05) is 29.5 Å². The molecule has 106 valence electrons. The number of rotatable bonds is 5. The van der Waals surface area contributed by atoms with Crippen LogP contribution in [0.1, 0.15) is 37.2 Å². The molecule has 1 aromatic rings. The molecular formula is C12H17ClN2O3S. The summed E-state index contributed by atoms with van der Waals surface area (Å²) in [6, 6.07) is 1.36. The SMILES string of the molecule is CC(C)N(CC1CC1)C(=O)c1cc(S(=O)(=O)Cl)c[nH]1. The van der Waals surface area contributed by atoms with Crippen LogP contribution >= 0.6 is 10.7 Å². The number of hydrogen-bond donors (Lipinski definition) is 1. The highest BCUT2D eigenvalue weighted by atomic mass is 35.7. The smallest absolute Gasteiger partial charge is 0.270 e. The second-order valence-electron chi connectivity index (χ2n) is 5.18. The van der Waals surface area contributed by atoms with E-state index < -0.39 is 9.05 Å². The number of aromatic nitrogens is 1. The van der Waals surface area contributed by atoms with Crippen molar-refractivity contribution in [3.8, 4) is 0 Å². The molecule has 1 aliphatic rings. The van der Waals surface area contributed by atoms with Gasteiger partial charge in [-0.3, -0.25) is 4.79 Å². The number of amides is 1. The summed E-state index contributed by atoms with van der Waals surface area (Å²) in [5, 5.41) is 0. The van der Waals surface area contributed by atoms with Crippen LogP contribution in [0.5, 0.6) is 0 Å². The number of nitrogens with zero attached hydrogens (tertiary/aromatic N) is 1. The Morgan fingerprint density at radius 3 is 2.58 bits per heavy atom. The largest absolute Gasteiger partial charge is 0.356 e. The summed E-state index contributed by atoms with van der Waals surface area (Å²) in [5.41, 5.74) is 0.258. The molecule has 7 heteroatoms. The summed E-state index contributed by atoms with van der Waals surface area (Å²) >= 11 is 0. The Kier molecular flexibility index (Phi) is 3.92. The van der Waals surface area contributed by atoms with Gasteiger partial charge in [0.2, 0.25) is 0 Å². The Balaban J connectivity index is 2.18. The Morgan fingerprint density at radius 2 is 2.16 bits per heavy atom. The Bertz CT molecular complexity index is 576. The van der Waals surface area contributed by atoms with Gasteiger partial charge < -0.3 is 9.88 Å². The van der Waals surface area contributed by atoms with Crippen molar-refractivity contribution < 1.29 is 13.2 Å². The van der Waals surface area contributed by atoms with Crippen LogP contribution in [-0.4, -0.2) is 36.8 Å². The van der Waals surface area contributed by atoms with Gasteiger partial charge in [-0.1, -0.05) is 0 Å². The second kappa shape index (κ2) is 5.17. The van der Waals surface area contributed by atoms with E-state index in [-0.39, 0.29) is 22.5 Å². The molecule has 0 bridgehead atoms. The third-order valence-electron chi connectivity index (χ3n) is 3.20. The molecule has 0 saturated heterocycles. The zero-order valence-electron chi connectivity index (χ0n) is 10.9. The molecule has 1 N–H and O–H groups in total. The molecule has 0 aromatic carbocycles. The van der Waals surface area contributed by atoms with Crippen molar-refractivity contribution >= 4 is 25.6 Å². The first-order valence-corrected chi connectivity index (χ1v) is 8.54. The summed E-state index contributed by atoms with van der Waals surface area (Å²) in [6.07, 6.45) is 3.55. The lowest BCUT2D eigenvalue weighted by molar-refractivity contribution is 0.0691. The molecule has 0 radical (unpaired) electrons. The van der Waals surface area contributed by atoms with Crippen LogP contribution in [0.15, 0.2) is 17.2 Å². The summed E-state index contributed by atoms with van der Waals surface area (Å²) in [5.74, 6) is 0.394. The Hall–Kier alpha value is -1.01. The fourth-order valence-electron chi connectivity index (χ4n) is 1.90. The van der Waals surface area contributed by atoms with Crippen LogP contribution in [0.25, 0.3) is 0 Å². The summed E-state index contributed by atoms with van der Waals surface area (Å²) in [7, 11) is 1.44. The highest BCUT2D eigenvalue weighted by molar-refractivity contribution is 8.13. The van der Waals surface area contributed by atoms with E-state index >= 15 is 0 Å². The van der Waals surface area contributed by atoms with E-state index in [2.05, 4.69) is 4.98 Å². The van der Waals surface area contributed by atoms with Crippen molar-refractivity contribution in [3.05, 3.63) is 18.0 Å². The zero-order chi connectivity index (χ0) is 14.2. The van der Waals surface area contributed by atoms with Gasteiger partial charge in [0.05, 0.1) is 0 Å². The lowest BCUT2D eigenvalue weighted by Crippen LogP contribution is -2.38. The van der Waals surface area contributed by atoms with Crippen LogP contribution < -0.4 is 0 Å². The average molecular weight is 305 g/mol. The minimum atomic E-state index is -3.80. The van der Waals surface area contributed by atoms with Gasteiger partial charge in [0.1, 0.15) is 10.6 Å². The van der Waals surface area contributed by atoms with Crippen LogP contribution in [0.4, 0.5) is 0 Å². The van der Waals surface area contributed by atoms with Crippen molar-refractivity contribution in [2.75, 3.05) is 6.54 Å². The van der Waals surface area contributed by atoms with Crippen LogP contribution in [0, 0.1) is 5.92 Å². The molecule has 19 heavy (non-hydrogen) atoms. The van der Waals surface area contributed by atoms with E-state index in [1.54, 1.807) is 4.90 Å². The lowest BCUT2D eigenvalue weighted by atomic mass is 10.2. The van der Waals surface area contributed by atoms with E-state index in [9.17, 15) is 13.2 Å². The number of H-pyrrole nitrogens is 1. The van der Waals surface area contributed by atoms with Gasteiger partial charge in [-0.15, -0.1) is 0 Å². The van der Waals surface area contributed by atoms with Crippen molar-refractivity contribution in [2.45, 2.75) is 37.6 Å². The number of aromatic amines is 1. The average Bonchev–Trinajstić information content (AvgIpc) is 2.96. The van der Waals surface area contributed by atoms with Gasteiger partial charge in [0.15, 0.2) is 0 Å². The molecule has 0 unspecified atom stereocenters.